The molecule has 1 aliphatic carbocycles. The van der Waals surface area contributed by atoms with Crippen molar-refractivity contribution in [3.63, 3.8) is 0 Å². The lowest BCUT2D eigenvalue weighted by Crippen LogP contribution is -2.12. The molecular weight excluding hydrogens is 436 g/mol. The van der Waals surface area contributed by atoms with Crippen LogP contribution in [0.1, 0.15) is 39.7 Å². The molecule has 0 saturated carbocycles. The van der Waals surface area contributed by atoms with Crippen molar-refractivity contribution < 1.29 is 19.6 Å². The predicted molar refractivity (Wildman–Crippen MR) is 107 cm³/mol. The number of thiophene rings is 1. The minimum absolute atomic E-state index is 0.187. The number of fused-ring (bicyclic) bond motifs is 1. The second kappa shape index (κ2) is 7.77. The van der Waals surface area contributed by atoms with Crippen molar-refractivity contribution in [3.05, 3.63) is 48.3 Å². The molecule has 0 saturated heterocycles. The Balaban J connectivity index is 2.06. The molecule has 2 aromatic rings. The fourth-order valence-electron chi connectivity index (χ4n) is 3.11. The van der Waals surface area contributed by atoms with Gasteiger partial charge in [0.25, 0.3) is 0 Å². The molecule has 9 heteroatoms. The third-order valence-electron chi connectivity index (χ3n) is 4.48. The number of phenolic OH excluding ortho intramolecular Hbond substituents is 1. The number of aliphatic imine (C=N–C) groups is 1. The lowest BCUT2D eigenvalue weighted by Gasteiger charge is -2.18. The summed E-state index contributed by atoms with van der Waals surface area (Å²) < 4.78 is 5.37. The first-order valence-corrected chi connectivity index (χ1v) is 9.86. The molecule has 0 aliphatic heterocycles. The van der Waals surface area contributed by atoms with Crippen LogP contribution in [-0.4, -0.2) is 29.3 Å². The Morgan fingerprint density at radius 3 is 2.93 bits per heavy atom. The monoisotopic (exact) mass is 452 g/mol. The number of aromatic hydroxyl groups is 1. The highest BCUT2D eigenvalue weighted by molar-refractivity contribution is 9.10. The van der Waals surface area contributed by atoms with Crippen molar-refractivity contribution in [3.8, 4) is 5.75 Å². The summed E-state index contributed by atoms with van der Waals surface area (Å²) in [5, 5.41) is 21.7. The van der Waals surface area contributed by atoms with Gasteiger partial charge in [0.15, 0.2) is 0 Å². The van der Waals surface area contributed by atoms with Crippen LogP contribution in [0.5, 0.6) is 5.75 Å². The van der Waals surface area contributed by atoms with E-state index in [4.69, 9.17) is 4.74 Å². The van der Waals surface area contributed by atoms with Crippen molar-refractivity contribution in [2.45, 2.75) is 26.2 Å². The number of nitrogens with zero attached hydrogens (tertiary/aromatic N) is 2. The van der Waals surface area contributed by atoms with Crippen molar-refractivity contribution in [2.75, 3.05) is 7.11 Å². The van der Waals surface area contributed by atoms with Crippen LogP contribution in [0.2, 0.25) is 0 Å². The first kappa shape index (κ1) is 19.5. The Bertz CT molecular complexity index is 954. The molecule has 0 radical (unpaired) electrons. The number of ether oxygens (including phenoxy) is 1. The van der Waals surface area contributed by atoms with E-state index >= 15 is 0 Å². The summed E-state index contributed by atoms with van der Waals surface area (Å²) in [6, 6.07) is 2.75. The number of hydrogen-bond acceptors (Lipinski definition) is 7. The topological polar surface area (TPSA) is 102 Å². The maximum absolute atomic E-state index is 12.3. The Labute approximate surface area is 168 Å². The molecule has 0 unspecified atom stereocenters. The Kier molecular flexibility index (Phi) is 5.61. The number of carbonyl (C=O) groups is 1. The molecule has 142 valence electrons. The largest absolute Gasteiger partial charge is 0.502 e. The maximum atomic E-state index is 12.3. The van der Waals surface area contributed by atoms with E-state index in [-0.39, 0.29) is 5.56 Å². The average Bonchev–Trinajstić information content (AvgIpc) is 2.98. The van der Waals surface area contributed by atoms with Crippen molar-refractivity contribution in [1.82, 2.24) is 0 Å². The van der Waals surface area contributed by atoms with Crippen LogP contribution in [0, 0.1) is 16.0 Å². The van der Waals surface area contributed by atoms with E-state index in [2.05, 4.69) is 27.8 Å². The molecule has 0 spiro atoms. The summed E-state index contributed by atoms with van der Waals surface area (Å²) in [7, 11) is 1.33. The number of carbonyl (C=O) groups excluding carboxylic acids is 1. The smallest absolute Gasteiger partial charge is 0.341 e. The van der Waals surface area contributed by atoms with Crippen LogP contribution in [0.15, 0.2) is 21.6 Å². The number of methoxy groups -OCH3 is 1. The molecule has 1 N–H and O–H groups in total. The molecule has 0 fully saturated rings. The van der Waals surface area contributed by atoms with E-state index in [1.165, 1.54) is 36.8 Å². The van der Waals surface area contributed by atoms with Gasteiger partial charge in [0, 0.05) is 27.2 Å². The van der Waals surface area contributed by atoms with E-state index in [9.17, 15) is 20.0 Å². The third-order valence-corrected chi connectivity index (χ3v) is 6.10. The van der Waals surface area contributed by atoms with Gasteiger partial charge in [-0.15, -0.1) is 11.3 Å². The zero-order valence-electron chi connectivity index (χ0n) is 14.7. The molecule has 3 rings (SSSR count). The zero-order valence-corrected chi connectivity index (χ0v) is 17.1. The van der Waals surface area contributed by atoms with Crippen molar-refractivity contribution in [2.24, 2.45) is 10.9 Å². The summed E-state index contributed by atoms with van der Waals surface area (Å²) in [5.41, 5.74) is 1.19. The van der Waals surface area contributed by atoms with Gasteiger partial charge < -0.3 is 9.84 Å². The fraction of sp³-hybridized carbons (Fsp3) is 0.333. The summed E-state index contributed by atoms with van der Waals surface area (Å²) >= 11 is 4.62. The van der Waals surface area contributed by atoms with E-state index in [1.54, 1.807) is 0 Å². The molecule has 0 amide bonds. The van der Waals surface area contributed by atoms with Crippen molar-refractivity contribution in [1.29, 1.82) is 0 Å². The van der Waals surface area contributed by atoms with E-state index in [0.29, 0.717) is 21.0 Å². The van der Waals surface area contributed by atoms with Crippen LogP contribution >= 0.6 is 27.3 Å². The number of esters is 1. The Morgan fingerprint density at radius 1 is 1.52 bits per heavy atom. The van der Waals surface area contributed by atoms with Gasteiger partial charge in [0.2, 0.25) is 5.75 Å². The van der Waals surface area contributed by atoms with Crippen LogP contribution in [0.3, 0.4) is 0 Å². The van der Waals surface area contributed by atoms with Gasteiger partial charge in [0.05, 0.1) is 17.6 Å². The lowest BCUT2D eigenvalue weighted by atomic mass is 9.88. The summed E-state index contributed by atoms with van der Waals surface area (Å²) in [6.45, 7) is 2.17. The summed E-state index contributed by atoms with van der Waals surface area (Å²) in [4.78, 5) is 28.2. The van der Waals surface area contributed by atoms with Gasteiger partial charge in [-0.25, -0.2) is 9.79 Å². The molecule has 1 aromatic heterocycles. The fourth-order valence-corrected chi connectivity index (χ4v) is 4.92. The van der Waals surface area contributed by atoms with E-state index in [0.717, 1.165) is 29.7 Å². The highest BCUT2D eigenvalue weighted by Crippen LogP contribution is 2.42. The molecule has 1 aromatic carbocycles. The summed E-state index contributed by atoms with van der Waals surface area (Å²) in [6.07, 6.45) is 4.00. The number of benzene rings is 1. The highest BCUT2D eigenvalue weighted by Gasteiger charge is 2.28. The van der Waals surface area contributed by atoms with Gasteiger partial charge in [0.1, 0.15) is 5.00 Å². The molecule has 1 atom stereocenters. The van der Waals surface area contributed by atoms with Gasteiger partial charge in [-0.05, 0) is 36.8 Å². The number of halogens is 1. The first-order valence-electron chi connectivity index (χ1n) is 8.25. The lowest BCUT2D eigenvalue weighted by molar-refractivity contribution is -0.385. The van der Waals surface area contributed by atoms with Crippen LogP contribution < -0.4 is 0 Å². The first-order chi connectivity index (χ1) is 12.8. The van der Waals surface area contributed by atoms with Gasteiger partial charge >= 0.3 is 11.7 Å². The number of nitro groups is 1. The minimum atomic E-state index is -0.664. The normalized spacial score (nSPS) is 16.3. The molecule has 1 heterocycles. The molecule has 27 heavy (non-hydrogen) atoms. The Morgan fingerprint density at radius 2 is 2.26 bits per heavy atom. The highest BCUT2D eigenvalue weighted by atomic mass is 79.9. The number of hydrogen-bond donors (Lipinski definition) is 1. The molecule has 1 aliphatic rings. The maximum Gasteiger partial charge on any atom is 0.341 e. The average molecular weight is 453 g/mol. The van der Waals surface area contributed by atoms with Gasteiger partial charge in [-0.2, -0.15) is 0 Å². The minimum Gasteiger partial charge on any atom is -0.502 e. The van der Waals surface area contributed by atoms with E-state index in [1.807, 2.05) is 0 Å². The third kappa shape index (κ3) is 3.89. The number of phenols is 1. The molecule has 7 nitrogen and oxygen atoms in total. The number of rotatable bonds is 4. The standard InChI is InChI=1S/C18H17BrN2O5S/c1-9-3-4-12-14(5-9)27-17(15(12)18(23)26-2)20-8-10-6-11(19)7-13(16(10)22)21(24)25/h6-9,22H,3-5H2,1-2H3/t9-/m1/s1. The molecule has 0 bridgehead atoms. The SMILES string of the molecule is COC(=O)c1c(N=Cc2cc(Br)cc([N+](=O)[O-])c2O)sc2c1CC[C@@H](C)C2. The second-order valence-corrected chi connectivity index (χ2v) is 8.40. The van der Waals surface area contributed by atoms with Crippen LogP contribution in [0.4, 0.5) is 10.7 Å². The van der Waals surface area contributed by atoms with Crippen LogP contribution in [-0.2, 0) is 17.6 Å². The number of nitro benzene ring substituents is 1. The zero-order chi connectivity index (χ0) is 19.7. The van der Waals surface area contributed by atoms with Crippen molar-refractivity contribution >= 4 is 50.1 Å². The quantitative estimate of drug-likeness (QED) is 0.311. The Hall–Kier alpha value is -2.26. The predicted octanol–water partition coefficient (Wildman–Crippen LogP) is 4.79. The van der Waals surface area contributed by atoms with Gasteiger partial charge in [-0.1, -0.05) is 22.9 Å². The molecular formula is C18H17BrN2O5S. The van der Waals surface area contributed by atoms with Crippen LogP contribution in [0.25, 0.3) is 0 Å². The summed E-state index contributed by atoms with van der Waals surface area (Å²) in [5.74, 6) is -0.379. The second-order valence-electron chi connectivity index (χ2n) is 6.40. The van der Waals surface area contributed by atoms with E-state index < -0.39 is 22.3 Å². The van der Waals surface area contributed by atoms with Gasteiger partial charge in [-0.3, -0.25) is 10.1 Å².